The number of nitrogens with zero attached hydrogens (tertiary/aromatic N) is 3. The van der Waals surface area contributed by atoms with Gasteiger partial charge in [0.05, 0.1) is 10.9 Å². The molecule has 6 nitrogen and oxygen atoms in total. The molecule has 7 heteroatoms. The first-order valence-corrected chi connectivity index (χ1v) is 9.98. The van der Waals surface area contributed by atoms with Crippen molar-refractivity contribution in [2.45, 2.75) is 18.9 Å². The van der Waals surface area contributed by atoms with E-state index in [0.29, 0.717) is 31.0 Å². The second-order valence-corrected chi connectivity index (χ2v) is 8.63. The van der Waals surface area contributed by atoms with Crippen LogP contribution in [0.1, 0.15) is 29.4 Å². The molecule has 1 N–H and O–H groups in total. The van der Waals surface area contributed by atoms with Crippen molar-refractivity contribution in [2.75, 3.05) is 26.7 Å². The van der Waals surface area contributed by atoms with Crippen LogP contribution in [0.25, 0.3) is 6.08 Å². The molecule has 25 heavy (non-hydrogen) atoms. The van der Waals surface area contributed by atoms with Crippen LogP contribution in [0.15, 0.2) is 41.6 Å². The van der Waals surface area contributed by atoms with Crippen molar-refractivity contribution in [2.24, 2.45) is 0 Å². The van der Waals surface area contributed by atoms with Gasteiger partial charge in [-0.15, -0.1) is 0 Å². The number of hydrogen-bond donors (Lipinski definition) is 1. The lowest BCUT2D eigenvalue weighted by Crippen LogP contribution is -2.49. The van der Waals surface area contributed by atoms with Gasteiger partial charge in [-0.25, -0.2) is 13.4 Å². The number of piperazine rings is 1. The van der Waals surface area contributed by atoms with Crippen molar-refractivity contribution in [3.63, 3.8) is 0 Å². The highest BCUT2D eigenvalue weighted by Gasteiger charge is 2.36. The molecule has 1 atom stereocenters. The summed E-state index contributed by atoms with van der Waals surface area (Å²) in [5, 5.41) is 0. The largest absolute Gasteiger partial charge is 0.347 e. The average Bonchev–Trinajstić information content (AvgIpc) is 3.16. The molecule has 4 rings (SSSR count). The first-order valence-electron chi connectivity index (χ1n) is 8.54. The number of sulfonamides is 1. The average molecular weight is 358 g/mol. The zero-order valence-electron chi connectivity index (χ0n) is 14.2. The Morgan fingerprint density at radius 1 is 1.20 bits per heavy atom. The number of aromatic nitrogens is 2. The van der Waals surface area contributed by atoms with Crippen LogP contribution >= 0.6 is 0 Å². The molecule has 1 aliphatic heterocycles. The number of allylic oxidation sites excluding steroid dienone is 1. The second kappa shape index (κ2) is 6.40. The number of fused-ring (bicyclic) bond motifs is 1. The molecule has 1 fully saturated rings. The normalized spacial score (nSPS) is 22.4. The Labute approximate surface area is 148 Å². The second-order valence-electron chi connectivity index (χ2n) is 6.64. The van der Waals surface area contributed by atoms with E-state index < -0.39 is 10.0 Å². The topological polar surface area (TPSA) is 69.3 Å². The molecule has 0 bridgehead atoms. The van der Waals surface area contributed by atoms with E-state index in [1.165, 1.54) is 5.56 Å². The smallest absolute Gasteiger partial charge is 0.239 e. The molecule has 132 valence electrons. The molecule has 0 saturated carbocycles. The summed E-state index contributed by atoms with van der Waals surface area (Å²) in [6, 6.07) is 7.96. The van der Waals surface area contributed by atoms with E-state index >= 15 is 0 Å². The molecule has 0 spiro atoms. The van der Waals surface area contributed by atoms with E-state index in [1.54, 1.807) is 16.7 Å². The summed E-state index contributed by atoms with van der Waals surface area (Å²) in [5.41, 5.74) is 2.23. The molecule has 0 unspecified atom stereocenters. The molecule has 2 aliphatic rings. The van der Waals surface area contributed by atoms with Gasteiger partial charge in [0, 0.05) is 32.0 Å². The highest BCUT2D eigenvalue weighted by molar-refractivity contribution is 7.93. The van der Waals surface area contributed by atoms with Crippen molar-refractivity contribution < 1.29 is 8.42 Å². The maximum Gasteiger partial charge on any atom is 0.239 e. The van der Waals surface area contributed by atoms with Gasteiger partial charge in [0.1, 0.15) is 5.82 Å². The molecule has 1 saturated heterocycles. The summed E-state index contributed by atoms with van der Waals surface area (Å²) < 4.78 is 28.0. The monoisotopic (exact) mass is 358 g/mol. The third-order valence-corrected chi connectivity index (χ3v) is 7.13. The van der Waals surface area contributed by atoms with E-state index in [-0.39, 0.29) is 6.04 Å². The van der Waals surface area contributed by atoms with Gasteiger partial charge >= 0.3 is 0 Å². The zero-order chi connectivity index (χ0) is 17.4. The minimum atomic E-state index is -3.45. The standard InChI is InChI=1S/C18H22N4O2S/c1-21-10-11-22(13-17(21)18-19-8-9-20-18)25(23,24)16-7-6-14-4-2-3-5-15(14)12-16/h2-5,8-9,12,17H,6-7,10-11,13H2,1H3,(H,19,20)/t17-/m0/s1. The van der Waals surface area contributed by atoms with Crippen molar-refractivity contribution >= 4 is 16.1 Å². The predicted molar refractivity (Wildman–Crippen MR) is 97.2 cm³/mol. The Balaban J connectivity index is 1.62. The number of aromatic amines is 1. The lowest BCUT2D eigenvalue weighted by atomic mass is 9.98. The van der Waals surface area contributed by atoms with Crippen molar-refractivity contribution in [3.8, 4) is 0 Å². The lowest BCUT2D eigenvalue weighted by molar-refractivity contribution is 0.143. The Bertz CT molecular complexity index is 890. The number of nitrogens with one attached hydrogen (secondary N) is 1. The number of benzene rings is 1. The fourth-order valence-corrected chi connectivity index (χ4v) is 5.22. The van der Waals surface area contributed by atoms with E-state index in [2.05, 4.69) is 20.9 Å². The van der Waals surface area contributed by atoms with E-state index in [0.717, 1.165) is 17.8 Å². The van der Waals surface area contributed by atoms with Crippen molar-refractivity contribution in [1.29, 1.82) is 0 Å². The summed E-state index contributed by atoms with van der Waals surface area (Å²) in [7, 11) is -1.44. The minimum Gasteiger partial charge on any atom is -0.347 e. The van der Waals surface area contributed by atoms with Gasteiger partial charge in [-0.1, -0.05) is 24.3 Å². The zero-order valence-corrected chi connectivity index (χ0v) is 15.0. The quantitative estimate of drug-likeness (QED) is 0.911. The van der Waals surface area contributed by atoms with Crippen LogP contribution < -0.4 is 0 Å². The Kier molecular flexibility index (Phi) is 4.23. The first kappa shape index (κ1) is 16.5. The van der Waals surface area contributed by atoms with Crippen molar-refractivity contribution in [1.82, 2.24) is 19.2 Å². The SMILES string of the molecule is CN1CCN(S(=O)(=O)C2=Cc3ccccc3CC2)C[C@H]1c1ncc[nH]1. The molecular weight excluding hydrogens is 336 g/mol. The Morgan fingerprint density at radius 2 is 2.04 bits per heavy atom. The molecule has 2 aromatic rings. The highest BCUT2D eigenvalue weighted by Crippen LogP contribution is 2.31. The number of hydrogen-bond acceptors (Lipinski definition) is 4. The van der Waals surface area contributed by atoms with Gasteiger partial charge in [0.2, 0.25) is 10.0 Å². The van der Waals surface area contributed by atoms with Crippen LogP contribution in [-0.2, 0) is 16.4 Å². The molecule has 1 aromatic heterocycles. The van der Waals surface area contributed by atoms with Crippen LogP contribution in [-0.4, -0.2) is 54.3 Å². The number of H-pyrrole nitrogens is 1. The maximum atomic E-state index is 13.2. The summed E-state index contributed by atoms with van der Waals surface area (Å²) in [5.74, 6) is 0.811. The number of likely N-dealkylation sites (N-methyl/N-ethyl adjacent to an activating group) is 1. The van der Waals surface area contributed by atoms with Crippen LogP contribution in [0.3, 0.4) is 0 Å². The van der Waals surface area contributed by atoms with Crippen LogP contribution in [0.4, 0.5) is 0 Å². The molecule has 1 aromatic carbocycles. The van der Waals surface area contributed by atoms with Gasteiger partial charge in [0.25, 0.3) is 0 Å². The number of rotatable bonds is 3. The fraction of sp³-hybridized carbons (Fsp3) is 0.389. The fourth-order valence-electron chi connectivity index (χ4n) is 3.60. The summed E-state index contributed by atoms with van der Waals surface area (Å²) in [6.07, 6.45) is 6.66. The van der Waals surface area contributed by atoms with E-state index in [4.69, 9.17) is 0 Å². The minimum absolute atomic E-state index is 0.0463. The summed E-state index contributed by atoms with van der Waals surface area (Å²) in [4.78, 5) is 10.1. The predicted octanol–water partition coefficient (Wildman–Crippen LogP) is 2.02. The maximum absolute atomic E-state index is 13.2. The summed E-state index contributed by atoms with van der Waals surface area (Å²) in [6.45, 7) is 1.62. The number of aryl methyl sites for hydroxylation is 1. The van der Waals surface area contributed by atoms with Gasteiger partial charge in [-0.2, -0.15) is 4.31 Å². The van der Waals surface area contributed by atoms with E-state index in [1.807, 2.05) is 31.3 Å². The van der Waals surface area contributed by atoms with Crippen LogP contribution in [0, 0.1) is 0 Å². The molecule has 1 aliphatic carbocycles. The Morgan fingerprint density at radius 3 is 2.84 bits per heavy atom. The van der Waals surface area contributed by atoms with Gasteiger partial charge in [-0.05, 0) is 37.1 Å². The van der Waals surface area contributed by atoms with E-state index in [9.17, 15) is 8.42 Å². The van der Waals surface area contributed by atoms with Gasteiger partial charge in [-0.3, -0.25) is 4.90 Å². The molecular formula is C18H22N4O2S. The number of imidazole rings is 1. The first-order chi connectivity index (χ1) is 12.1. The molecule has 2 heterocycles. The van der Waals surface area contributed by atoms with Crippen LogP contribution in [0.2, 0.25) is 0 Å². The lowest BCUT2D eigenvalue weighted by Gasteiger charge is -2.38. The molecule has 0 amide bonds. The third-order valence-electron chi connectivity index (χ3n) is 5.13. The Hall–Kier alpha value is -1.96. The third kappa shape index (κ3) is 3.03. The van der Waals surface area contributed by atoms with Gasteiger partial charge in [0.15, 0.2) is 0 Å². The van der Waals surface area contributed by atoms with Crippen molar-refractivity contribution in [3.05, 3.63) is 58.5 Å². The summed E-state index contributed by atoms with van der Waals surface area (Å²) >= 11 is 0. The van der Waals surface area contributed by atoms with Gasteiger partial charge < -0.3 is 4.98 Å². The molecule has 0 radical (unpaired) electrons. The van der Waals surface area contributed by atoms with Crippen LogP contribution in [0.5, 0.6) is 0 Å². The highest BCUT2D eigenvalue weighted by atomic mass is 32.2.